The summed E-state index contributed by atoms with van der Waals surface area (Å²) in [5, 5.41) is 2.79. The molecule has 2 aromatic carbocycles. The third-order valence-corrected chi connectivity index (χ3v) is 4.63. The SMILES string of the molecule is NCNc1ccn(Cc2ccccc2)c(=O)n1.NCc1ccc(COc2nccc(N)n2)cc1. The first kappa shape index (κ1) is 24.4. The Morgan fingerprint density at radius 1 is 0.882 bits per heavy atom. The van der Waals surface area contributed by atoms with Crippen LogP contribution in [0.5, 0.6) is 6.01 Å². The van der Waals surface area contributed by atoms with Gasteiger partial charge in [-0.1, -0.05) is 54.6 Å². The van der Waals surface area contributed by atoms with E-state index in [9.17, 15) is 4.79 Å². The molecule has 2 aromatic heterocycles. The van der Waals surface area contributed by atoms with Crippen LogP contribution in [0.4, 0.5) is 11.6 Å². The molecule has 0 spiro atoms. The maximum atomic E-state index is 11.7. The van der Waals surface area contributed by atoms with Crippen LogP contribution in [0.3, 0.4) is 0 Å². The molecule has 0 aliphatic carbocycles. The van der Waals surface area contributed by atoms with Gasteiger partial charge in [0.25, 0.3) is 0 Å². The maximum absolute atomic E-state index is 11.7. The van der Waals surface area contributed by atoms with Gasteiger partial charge >= 0.3 is 11.7 Å². The Morgan fingerprint density at radius 2 is 1.62 bits per heavy atom. The molecule has 0 saturated carbocycles. The van der Waals surface area contributed by atoms with Gasteiger partial charge in [-0.3, -0.25) is 4.57 Å². The number of nitrogens with zero attached hydrogens (tertiary/aromatic N) is 4. The zero-order valence-electron chi connectivity index (χ0n) is 18.7. The standard InChI is InChI=1S/2C12H14N4O/c13-7-9-1-3-10(4-2-9)8-17-12-15-6-5-11(14)16-12;13-9-14-11-6-7-16(12(17)15-11)8-10-4-2-1-3-5-10/h1-6H,7-8,13H2,(H2,14,15,16);1-7H,8-9,13H2,(H,14,15,17). The van der Waals surface area contributed by atoms with E-state index in [1.165, 1.54) is 0 Å². The fourth-order valence-corrected chi connectivity index (χ4v) is 2.88. The van der Waals surface area contributed by atoms with Crippen molar-refractivity contribution in [2.24, 2.45) is 11.5 Å². The Morgan fingerprint density at radius 3 is 2.26 bits per heavy atom. The van der Waals surface area contributed by atoms with Gasteiger partial charge in [-0.25, -0.2) is 9.78 Å². The Kier molecular flexibility index (Phi) is 9.09. The van der Waals surface area contributed by atoms with Crippen LogP contribution in [0.2, 0.25) is 0 Å². The molecule has 10 heteroatoms. The summed E-state index contributed by atoms with van der Waals surface area (Å²) in [6.45, 7) is 1.73. The van der Waals surface area contributed by atoms with Crippen molar-refractivity contribution < 1.29 is 4.74 Å². The number of nitrogens with two attached hydrogens (primary N) is 3. The number of nitrogen functional groups attached to an aromatic ring is 1. The third kappa shape index (κ3) is 7.69. The lowest BCUT2D eigenvalue weighted by atomic mass is 10.1. The predicted molar refractivity (Wildman–Crippen MR) is 132 cm³/mol. The minimum absolute atomic E-state index is 0.259. The van der Waals surface area contributed by atoms with Crippen molar-refractivity contribution in [2.75, 3.05) is 17.7 Å². The second-order valence-corrected chi connectivity index (χ2v) is 7.16. The van der Waals surface area contributed by atoms with Gasteiger partial charge < -0.3 is 27.3 Å². The predicted octanol–water partition coefficient (Wildman–Crippen LogP) is 1.72. The highest BCUT2D eigenvalue weighted by atomic mass is 16.5. The van der Waals surface area contributed by atoms with Gasteiger partial charge in [0.2, 0.25) is 0 Å². The monoisotopic (exact) mass is 460 g/mol. The lowest BCUT2D eigenvalue weighted by Gasteiger charge is -2.06. The van der Waals surface area contributed by atoms with E-state index in [1.54, 1.807) is 29.1 Å². The van der Waals surface area contributed by atoms with E-state index in [0.29, 0.717) is 31.3 Å². The van der Waals surface area contributed by atoms with Gasteiger partial charge in [0.1, 0.15) is 18.2 Å². The maximum Gasteiger partial charge on any atom is 0.349 e. The molecule has 0 aliphatic heterocycles. The Hall–Kier alpha value is -4.28. The first-order chi connectivity index (χ1) is 16.6. The zero-order valence-corrected chi connectivity index (χ0v) is 18.7. The molecule has 4 aromatic rings. The van der Waals surface area contributed by atoms with Crippen LogP contribution in [-0.4, -0.2) is 26.2 Å². The average Bonchev–Trinajstić information content (AvgIpc) is 2.86. The fraction of sp³-hybridized carbons (Fsp3) is 0.167. The highest BCUT2D eigenvalue weighted by Gasteiger charge is 2.01. The summed E-state index contributed by atoms with van der Waals surface area (Å²) in [6, 6.07) is 21.3. The number of hydrogen-bond donors (Lipinski definition) is 4. The van der Waals surface area contributed by atoms with Crippen LogP contribution in [0.1, 0.15) is 16.7 Å². The Bertz CT molecular complexity index is 1210. The lowest BCUT2D eigenvalue weighted by Crippen LogP contribution is -2.24. The summed E-state index contributed by atoms with van der Waals surface area (Å²) in [6.07, 6.45) is 3.27. The fourth-order valence-electron chi connectivity index (χ4n) is 2.88. The van der Waals surface area contributed by atoms with Crippen molar-refractivity contribution in [3.05, 3.63) is 106 Å². The first-order valence-electron chi connectivity index (χ1n) is 10.6. The summed E-state index contributed by atoms with van der Waals surface area (Å²) < 4.78 is 6.97. The second-order valence-electron chi connectivity index (χ2n) is 7.16. The summed E-state index contributed by atoms with van der Waals surface area (Å²) in [4.78, 5) is 23.5. The molecular weight excluding hydrogens is 432 g/mol. The third-order valence-electron chi connectivity index (χ3n) is 4.63. The topological polar surface area (TPSA) is 160 Å². The van der Waals surface area contributed by atoms with E-state index in [0.717, 1.165) is 16.7 Å². The summed E-state index contributed by atoms with van der Waals surface area (Å²) >= 11 is 0. The summed E-state index contributed by atoms with van der Waals surface area (Å²) in [5.74, 6) is 0.898. The molecule has 0 saturated heterocycles. The highest BCUT2D eigenvalue weighted by molar-refractivity contribution is 5.31. The number of ether oxygens (including phenoxy) is 1. The van der Waals surface area contributed by atoms with Crippen LogP contribution >= 0.6 is 0 Å². The van der Waals surface area contributed by atoms with Gasteiger partial charge in [-0.15, -0.1) is 0 Å². The first-order valence-corrected chi connectivity index (χ1v) is 10.6. The van der Waals surface area contributed by atoms with Crippen molar-refractivity contribution in [1.29, 1.82) is 0 Å². The van der Waals surface area contributed by atoms with E-state index in [-0.39, 0.29) is 18.4 Å². The summed E-state index contributed by atoms with van der Waals surface area (Å²) in [5.41, 5.74) is 19.3. The van der Waals surface area contributed by atoms with Crippen molar-refractivity contribution in [3.8, 4) is 6.01 Å². The van der Waals surface area contributed by atoms with Gasteiger partial charge in [0.05, 0.1) is 13.2 Å². The highest BCUT2D eigenvalue weighted by Crippen LogP contribution is 2.09. The van der Waals surface area contributed by atoms with E-state index >= 15 is 0 Å². The van der Waals surface area contributed by atoms with Crippen molar-refractivity contribution in [2.45, 2.75) is 19.7 Å². The van der Waals surface area contributed by atoms with Gasteiger partial charge in [-0.2, -0.15) is 9.97 Å². The van der Waals surface area contributed by atoms with E-state index in [1.807, 2.05) is 54.6 Å². The van der Waals surface area contributed by atoms with Crippen LogP contribution in [-0.2, 0) is 19.7 Å². The molecule has 7 N–H and O–H groups in total. The van der Waals surface area contributed by atoms with Crippen molar-refractivity contribution in [3.63, 3.8) is 0 Å². The van der Waals surface area contributed by atoms with Gasteiger partial charge in [0, 0.05) is 18.9 Å². The minimum atomic E-state index is -0.285. The molecule has 176 valence electrons. The molecule has 34 heavy (non-hydrogen) atoms. The van der Waals surface area contributed by atoms with Crippen LogP contribution in [0.15, 0.2) is 83.9 Å². The van der Waals surface area contributed by atoms with Crippen molar-refractivity contribution in [1.82, 2.24) is 19.5 Å². The molecule has 10 nitrogen and oxygen atoms in total. The van der Waals surface area contributed by atoms with Crippen LogP contribution in [0, 0.1) is 0 Å². The van der Waals surface area contributed by atoms with Crippen LogP contribution < -0.4 is 32.9 Å². The van der Waals surface area contributed by atoms with Crippen LogP contribution in [0.25, 0.3) is 0 Å². The lowest BCUT2D eigenvalue weighted by molar-refractivity contribution is 0.281. The van der Waals surface area contributed by atoms with Gasteiger partial charge in [-0.05, 0) is 28.8 Å². The number of nitrogens with one attached hydrogen (secondary N) is 1. The minimum Gasteiger partial charge on any atom is -0.459 e. The molecule has 2 heterocycles. The Labute approximate surface area is 197 Å². The molecule has 4 rings (SSSR count). The van der Waals surface area contributed by atoms with Gasteiger partial charge in [0.15, 0.2) is 0 Å². The molecule has 0 aliphatic rings. The van der Waals surface area contributed by atoms with E-state index in [4.69, 9.17) is 21.9 Å². The molecule has 0 bridgehead atoms. The Balaban J connectivity index is 0.000000191. The second kappa shape index (κ2) is 12.7. The van der Waals surface area contributed by atoms with E-state index < -0.39 is 0 Å². The van der Waals surface area contributed by atoms with Crippen molar-refractivity contribution >= 4 is 11.6 Å². The normalized spacial score (nSPS) is 10.2. The molecule has 0 fully saturated rings. The molecule has 0 unspecified atom stereocenters. The molecule has 0 atom stereocenters. The molecular formula is C24H28N8O2. The quantitative estimate of drug-likeness (QED) is 0.287. The number of anilines is 2. The smallest absolute Gasteiger partial charge is 0.349 e. The molecule has 0 radical (unpaired) electrons. The summed E-state index contributed by atoms with van der Waals surface area (Å²) in [7, 11) is 0. The number of aromatic nitrogens is 4. The molecule has 0 amide bonds. The number of rotatable bonds is 8. The number of benzene rings is 2. The zero-order chi connectivity index (χ0) is 24.2. The van der Waals surface area contributed by atoms with E-state index in [2.05, 4.69) is 20.3 Å². The average molecular weight is 461 g/mol. The number of hydrogen-bond acceptors (Lipinski definition) is 9. The largest absolute Gasteiger partial charge is 0.459 e.